The lowest BCUT2D eigenvalue weighted by atomic mass is 10.1. The third kappa shape index (κ3) is 4.39. The lowest BCUT2D eigenvalue weighted by molar-refractivity contribution is 0.300. The fraction of sp³-hybridized carbons (Fsp3) is 0.667. The predicted molar refractivity (Wildman–Crippen MR) is 78.8 cm³/mol. The van der Waals surface area contributed by atoms with Crippen LogP contribution in [0.3, 0.4) is 0 Å². The summed E-state index contributed by atoms with van der Waals surface area (Å²) in [5.41, 5.74) is 1.10. The lowest BCUT2D eigenvalue weighted by Gasteiger charge is -2.19. The number of hydrogen-bond donors (Lipinski definition) is 1. The van der Waals surface area contributed by atoms with Crippen LogP contribution in [0, 0.1) is 0 Å². The molecule has 0 aromatic carbocycles. The molecule has 1 aliphatic rings. The molecule has 2 rings (SSSR count). The zero-order valence-corrected chi connectivity index (χ0v) is 12.1. The van der Waals surface area contributed by atoms with Crippen molar-refractivity contribution >= 4 is 5.69 Å². The van der Waals surface area contributed by atoms with Gasteiger partial charge in [0.15, 0.2) is 0 Å². The highest BCUT2D eigenvalue weighted by Crippen LogP contribution is 2.18. The van der Waals surface area contributed by atoms with Crippen LogP contribution in [0.15, 0.2) is 18.3 Å². The van der Waals surface area contributed by atoms with E-state index in [1.807, 2.05) is 19.2 Å². The van der Waals surface area contributed by atoms with Gasteiger partial charge in [0, 0.05) is 18.7 Å². The molecule has 1 aliphatic heterocycles. The monoisotopic (exact) mass is 263 g/mol. The van der Waals surface area contributed by atoms with Crippen LogP contribution in [0.1, 0.15) is 33.1 Å². The summed E-state index contributed by atoms with van der Waals surface area (Å²) in [4.78, 5) is 6.82. The van der Waals surface area contributed by atoms with Gasteiger partial charge in [0.05, 0.1) is 18.5 Å². The highest BCUT2D eigenvalue weighted by Gasteiger charge is 2.15. The largest absolute Gasteiger partial charge is 0.478 e. The number of hydrogen-bond acceptors (Lipinski definition) is 4. The Morgan fingerprint density at radius 3 is 2.89 bits per heavy atom. The van der Waals surface area contributed by atoms with Gasteiger partial charge >= 0.3 is 0 Å². The van der Waals surface area contributed by atoms with E-state index in [0.29, 0.717) is 18.5 Å². The Hall–Kier alpha value is -1.29. The lowest BCUT2D eigenvalue weighted by Crippen LogP contribution is -2.26. The fourth-order valence-electron chi connectivity index (χ4n) is 2.55. The molecule has 1 aromatic heterocycles. The maximum absolute atomic E-state index is 5.35. The molecule has 19 heavy (non-hydrogen) atoms. The Labute approximate surface area is 116 Å². The van der Waals surface area contributed by atoms with Gasteiger partial charge in [0.25, 0.3) is 0 Å². The van der Waals surface area contributed by atoms with Crippen LogP contribution >= 0.6 is 0 Å². The molecule has 0 bridgehead atoms. The van der Waals surface area contributed by atoms with Crippen molar-refractivity contribution in [3.8, 4) is 5.88 Å². The molecule has 0 aliphatic carbocycles. The molecule has 1 N–H and O–H groups in total. The smallest absolute Gasteiger partial charge is 0.213 e. The molecule has 0 amide bonds. The minimum Gasteiger partial charge on any atom is -0.478 e. The molecule has 4 nitrogen and oxygen atoms in total. The second-order valence-electron chi connectivity index (χ2n) is 5.02. The Morgan fingerprint density at radius 2 is 2.21 bits per heavy atom. The molecule has 4 heteroatoms. The number of rotatable bonds is 5. The summed E-state index contributed by atoms with van der Waals surface area (Å²) in [5, 5.41) is 3.59. The van der Waals surface area contributed by atoms with Crippen molar-refractivity contribution in [1.29, 1.82) is 0 Å². The standard InChI is InChI=1S/C15H25N3O/c1-3-18-10-5-6-13(9-11-18)17-14-7-8-15(16-12-14)19-4-2/h7-8,12-13,17H,3-6,9-11H2,1-2H3. The third-order valence-corrected chi connectivity index (χ3v) is 3.67. The van der Waals surface area contributed by atoms with Gasteiger partial charge in [-0.3, -0.25) is 0 Å². The Balaban J connectivity index is 1.86. The van der Waals surface area contributed by atoms with E-state index < -0.39 is 0 Å². The second-order valence-corrected chi connectivity index (χ2v) is 5.02. The quantitative estimate of drug-likeness (QED) is 0.886. The highest BCUT2D eigenvalue weighted by molar-refractivity contribution is 5.43. The van der Waals surface area contributed by atoms with Crippen molar-refractivity contribution in [2.24, 2.45) is 0 Å². The van der Waals surface area contributed by atoms with Gasteiger partial charge in [0.1, 0.15) is 0 Å². The molecular formula is C15H25N3O. The number of ether oxygens (including phenoxy) is 1. The Morgan fingerprint density at radius 1 is 1.32 bits per heavy atom. The maximum atomic E-state index is 5.35. The average Bonchev–Trinajstić information content (AvgIpc) is 2.66. The molecule has 1 fully saturated rings. The summed E-state index contributed by atoms with van der Waals surface area (Å²) in [6.45, 7) is 8.46. The summed E-state index contributed by atoms with van der Waals surface area (Å²) in [6, 6.07) is 4.55. The van der Waals surface area contributed by atoms with E-state index in [4.69, 9.17) is 4.74 Å². The van der Waals surface area contributed by atoms with Gasteiger partial charge in [-0.1, -0.05) is 6.92 Å². The molecule has 106 valence electrons. The number of nitrogens with zero attached hydrogens (tertiary/aromatic N) is 2. The number of pyridine rings is 1. The molecule has 1 atom stereocenters. The van der Waals surface area contributed by atoms with Gasteiger partial charge in [-0.15, -0.1) is 0 Å². The number of likely N-dealkylation sites (tertiary alicyclic amines) is 1. The van der Waals surface area contributed by atoms with Crippen LogP contribution in [-0.4, -0.2) is 42.2 Å². The first kappa shape index (κ1) is 14.1. The fourth-order valence-corrected chi connectivity index (χ4v) is 2.55. The summed E-state index contributed by atoms with van der Waals surface area (Å²) < 4.78 is 5.35. The van der Waals surface area contributed by atoms with Crippen LogP contribution in [0.25, 0.3) is 0 Å². The molecule has 1 unspecified atom stereocenters. The molecule has 1 aromatic rings. The molecule has 0 radical (unpaired) electrons. The first-order valence-electron chi connectivity index (χ1n) is 7.39. The van der Waals surface area contributed by atoms with Crippen LogP contribution in [0.5, 0.6) is 5.88 Å². The van der Waals surface area contributed by atoms with Crippen LogP contribution in [0.2, 0.25) is 0 Å². The van der Waals surface area contributed by atoms with Gasteiger partial charge in [0.2, 0.25) is 5.88 Å². The normalized spacial score (nSPS) is 20.8. The van der Waals surface area contributed by atoms with E-state index in [1.165, 1.54) is 32.4 Å². The topological polar surface area (TPSA) is 37.4 Å². The summed E-state index contributed by atoms with van der Waals surface area (Å²) in [6.07, 6.45) is 5.59. The van der Waals surface area contributed by atoms with E-state index in [-0.39, 0.29) is 0 Å². The van der Waals surface area contributed by atoms with Crippen molar-refractivity contribution in [2.75, 3.05) is 31.6 Å². The highest BCUT2D eigenvalue weighted by atomic mass is 16.5. The first-order valence-corrected chi connectivity index (χ1v) is 7.39. The third-order valence-electron chi connectivity index (χ3n) is 3.67. The Kier molecular flexibility index (Phi) is 5.45. The van der Waals surface area contributed by atoms with E-state index >= 15 is 0 Å². The van der Waals surface area contributed by atoms with Crippen LogP contribution in [0.4, 0.5) is 5.69 Å². The van der Waals surface area contributed by atoms with E-state index in [1.54, 1.807) is 0 Å². The molecule has 0 spiro atoms. The first-order chi connectivity index (χ1) is 9.31. The van der Waals surface area contributed by atoms with Crippen molar-refractivity contribution in [3.63, 3.8) is 0 Å². The second kappa shape index (κ2) is 7.34. The zero-order valence-electron chi connectivity index (χ0n) is 12.1. The van der Waals surface area contributed by atoms with Crippen molar-refractivity contribution in [2.45, 2.75) is 39.2 Å². The van der Waals surface area contributed by atoms with Crippen molar-refractivity contribution in [1.82, 2.24) is 9.88 Å². The minimum atomic E-state index is 0.566. The van der Waals surface area contributed by atoms with Crippen molar-refractivity contribution in [3.05, 3.63) is 18.3 Å². The summed E-state index contributed by atoms with van der Waals surface area (Å²) >= 11 is 0. The number of nitrogens with one attached hydrogen (secondary N) is 1. The van der Waals surface area contributed by atoms with E-state index in [2.05, 4.69) is 28.2 Å². The molecular weight excluding hydrogens is 238 g/mol. The van der Waals surface area contributed by atoms with Gasteiger partial charge in [-0.05, 0) is 45.3 Å². The van der Waals surface area contributed by atoms with Gasteiger partial charge in [-0.25, -0.2) is 4.98 Å². The number of aromatic nitrogens is 1. The average molecular weight is 263 g/mol. The van der Waals surface area contributed by atoms with Crippen LogP contribution in [-0.2, 0) is 0 Å². The Bertz CT molecular complexity index is 366. The molecule has 0 saturated carbocycles. The zero-order chi connectivity index (χ0) is 13.5. The van der Waals surface area contributed by atoms with Crippen molar-refractivity contribution < 1.29 is 4.74 Å². The predicted octanol–water partition coefficient (Wildman–Crippen LogP) is 2.77. The summed E-state index contributed by atoms with van der Waals surface area (Å²) in [5.74, 6) is 0.700. The number of anilines is 1. The molecule has 2 heterocycles. The van der Waals surface area contributed by atoms with Crippen LogP contribution < -0.4 is 10.1 Å². The summed E-state index contributed by atoms with van der Waals surface area (Å²) in [7, 11) is 0. The van der Waals surface area contributed by atoms with E-state index in [9.17, 15) is 0 Å². The minimum absolute atomic E-state index is 0.566. The SMILES string of the molecule is CCOc1ccc(NC2CCCN(CC)CC2)cn1. The van der Waals surface area contributed by atoms with Gasteiger partial charge in [-0.2, -0.15) is 0 Å². The van der Waals surface area contributed by atoms with E-state index in [0.717, 1.165) is 12.2 Å². The molecule has 1 saturated heterocycles. The maximum Gasteiger partial charge on any atom is 0.213 e. The van der Waals surface area contributed by atoms with Gasteiger partial charge < -0.3 is 15.0 Å².